The molecule has 2 N–H and O–H groups in total. The first-order valence-corrected chi connectivity index (χ1v) is 7.97. The summed E-state index contributed by atoms with van der Waals surface area (Å²) in [6.45, 7) is 9.15. The maximum atomic E-state index is 6.59. The van der Waals surface area contributed by atoms with Gasteiger partial charge in [-0.05, 0) is 43.9 Å². The molecule has 0 aliphatic heterocycles. The van der Waals surface area contributed by atoms with Crippen LogP contribution in [0.4, 0.5) is 0 Å². The van der Waals surface area contributed by atoms with Crippen molar-refractivity contribution in [1.82, 2.24) is 4.98 Å². The lowest BCUT2D eigenvalue weighted by molar-refractivity contribution is 0.115. The minimum absolute atomic E-state index is 0.154. The molecule has 1 heterocycles. The quantitative estimate of drug-likeness (QED) is 0.889. The molecule has 0 amide bonds. The Balaban J connectivity index is 2.06. The fraction of sp³-hybridized carbons (Fsp3) is 0.800. The molecule has 0 bridgehead atoms. The van der Waals surface area contributed by atoms with Crippen LogP contribution in [0.15, 0.2) is 5.38 Å². The van der Waals surface area contributed by atoms with E-state index in [0.717, 1.165) is 29.5 Å². The Hall–Kier alpha value is -0.410. The van der Waals surface area contributed by atoms with E-state index < -0.39 is 0 Å². The Kier molecular flexibility index (Phi) is 3.84. The van der Waals surface area contributed by atoms with Gasteiger partial charge in [-0.3, -0.25) is 0 Å². The van der Waals surface area contributed by atoms with Crippen LogP contribution in [0, 0.1) is 18.3 Å². The molecule has 0 aromatic carbocycles. The summed E-state index contributed by atoms with van der Waals surface area (Å²) < 4.78 is 0. The first-order valence-electron chi connectivity index (χ1n) is 7.09. The van der Waals surface area contributed by atoms with Gasteiger partial charge in [0.2, 0.25) is 0 Å². The van der Waals surface area contributed by atoms with Crippen molar-refractivity contribution in [3.63, 3.8) is 0 Å². The van der Waals surface area contributed by atoms with Gasteiger partial charge >= 0.3 is 0 Å². The normalized spacial score (nSPS) is 29.5. The zero-order chi connectivity index (χ0) is 13.4. The fourth-order valence-electron chi connectivity index (χ4n) is 3.00. The van der Waals surface area contributed by atoms with Crippen molar-refractivity contribution in [2.75, 3.05) is 0 Å². The van der Waals surface area contributed by atoms with E-state index >= 15 is 0 Å². The number of rotatable bonds is 3. The third kappa shape index (κ3) is 2.62. The number of nitrogens with two attached hydrogens (primary N) is 1. The van der Waals surface area contributed by atoms with Gasteiger partial charge in [0, 0.05) is 11.1 Å². The van der Waals surface area contributed by atoms with Crippen LogP contribution in [0.1, 0.15) is 63.6 Å². The molecule has 1 fully saturated rings. The summed E-state index contributed by atoms with van der Waals surface area (Å²) in [7, 11) is 0. The predicted molar refractivity (Wildman–Crippen MR) is 78.7 cm³/mol. The number of aryl methyl sites for hydroxylation is 1. The van der Waals surface area contributed by atoms with E-state index in [1.54, 1.807) is 11.3 Å². The second kappa shape index (κ2) is 4.93. The molecule has 3 heteroatoms. The highest BCUT2D eigenvalue weighted by Crippen LogP contribution is 2.46. The van der Waals surface area contributed by atoms with E-state index in [1.165, 1.54) is 19.3 Å². The molecule has 102 valence electrons. The van der Waals surface area contributed by atoms with Gasteiger partial charge in [-0.15, -0.1) is 11.3 Å². The van der Waals surface area contributed by atoms with Gasteiger partial charge in [-0.1, -0.05) is 27.2 Å². The summed E-state index contributed by atoms with van der Waals surface area (Å²) in [5.74, 6) is 0.820. The molecule has 0 radical (unpaired) electrons. The summed E-state index contributed by atoms with van der Waals surface area (Å²) in [5, 5.41) is 3.26. The van der Waals surface area contributed by atoms with E-state index in [-0.39, 0.29) is 5.54 Å². The average molecular weight is 266 g/mol. The zero-order valence-corrected chi connectivity index (χ0v) is 12.9. The fourth-order valence-corrected chi connectivity index (χ4v) is 3.97. The second-order valence-electron chi connectivity index (χ2n) is 6.57. The predicted octanol–water partition coefficient (Wildman–Crippen LogP) is 4.23. The third-order valence-corrected chi connectivity index (χ3v) is 6.12. The number of hydrogen-bond donors (Lipinski definition) is 1. The zero-order valence-electron chi connectivity index (χ0n) is 12.1. The molecule has 1 aromatic rings. The molecule has 0 spiro atoms. The highest BCUT2D eigenvalue weighted by atomic mass is 32.1. The molecule has 0 saturated heterocycles. The van der Waals surface area contributed by atoms with Crippen molar-refractivity contribution in [2.45, 2.75) is 65.3 Å². The molecule has 18 heavy (non-hydrogen) atoms. The van der Waals surface area contributed by atoms with Crippen molar-refractivity contribution in [1.29, 1.82) is 0 Å². The van der Waals surface area contributed by atoms with Gasteiger partial charge in [0.15, 0.2) is 0 Å². The summed E-state index contributed by atoms with van der Waals surface area (Å²) >= 11 is 1.73. The summed E-state index contributed by atoms with van der Waals surface area (Å²) in [6, 6.07) is 0. The molecule has 0 unspecified atom stereocenters. The van der Waals surface area contributed by atoms with Gasteiger partial charge in [0.05, 0.1) is 5.54 Å². The molecule has 1 saturated carbocycles. The minimum atomic E-state index is -0.154. The lowest BCUT2D eigenvalue weighted by Gasteiger charge is -2.42. The first-order chi connectivity index (χ1) is 8.37. The molecule has 2 nitrogen and oxygen atoms in total. The lowest BCUT2D eigenvalue weighted by Crippen LogP contribution is -2.42. The van der Waals surface area contributed by atoms with Crippen LogP contribution in [-0.2, 0) is 5.54 Å². The van der Waals surface area contributed by atoms with Crippen molar-refractivity contribution < 1.29 is 0 Å². The van der Waals surface area contributed by atoms with Crippen LogP contribution >= 0.6 is 11.3 Å². The Morgan fingerprint density at radius 3 is 2.50 bits per heavy atom. The molecule has 0 atom stereocenters. The maximum Gasteiger partial charge on any atom is 0.113 e. The van der Waals surface area contributed by atoms with Gasteiger partial charge < -0.3 is 5.73 Å². The van der Waals surface area contributed by atoms with Crippen LogP contribution in [0.3, 0.4) is 0 Å². The number of aromatic nitrogens is 1. The van der Waals surface area contributed by atoms with E-state index in [9.17, 15) is 0 Å². The molecule has 1 aliphatic carbocycles. The molecule has 1 aromatic heterocycles. The monoisotopic (exact) mass is 266 g/mol. The molecular weight excluding hydrogens is 240 g/mol. The highest BCUT2D eigenvalue weighted by molar-refractivity contribution is 7.09. The molecular formula is C15H26N2S. The Morgan fingerprint density at radius 1 is 1.44 bits per heavy atom. The lowest BCUT2D eigenvalue weighted by atomic mass is 9.66. The van der Waals surface area contributed by atoms with Crippen LogP contribution < -0.4 is 5.73 Å². The summed E-state index contributed by atoms with van der Waals surface area (Å²) in [5.41, 5.74) is 8.00. The van der Waals surface area contributed by atoms with Crippen LogP contribution in [-0.4, -0.2) is 4.98 Å². The third-order valence-electron chi connectivity index (χ3n) is 4.94. The van der Waals surface area contributed by atoms with Gasteiger partial charge in [0.25, 0.3) is 0 Å². The van der Waals surface area contributed by atoms with Crippen molar-refractivity contribution >= 4 is 11.3 Å². The Morgan fingerprint density at radius 2 is 2.06 bits per heavy atom. The van der Waals surface area contributed by atoms with Gasteiger partial charge in [-0.2, -0.15) is 0 Å². The van der Waals surface area contributed by atoms with Crippen LogP contribution in [0.25, 0.3) is 0 Å². The Labute approximate surface area is 115 Å². The number of nitrogens with zero attached hydrogens (tertiary/aromatic N) is 1. The maximum absolute atomic E-state index is 6.59. The first kappa shape index (κ1) is 14.0. The van der Waals surface area contributed by atoms with Crippen molar-refractivity contribution in [2.24, 2.45) is 17.1 Å². The van der Waals surface area contributed by atoms with E-state index in [2.05, 4.69) is 38.1 Å². The largest absolute Gasteiger partial charge is 0.319 e. The second-order valence-corrected chi connectivity index (χ2v) is 7.42. The van der Waals surface area contributed by atoms with Crippen molar-refractivity contribution in [3.05, 3.63) is 16.1 Å². The highest BCUT2D eigenvalue weighted by Gasteiger charge is 2.39. The summed E-state index contributed by atoms with van der Waals surface area (Å²) in [6.07, 6.45) is 5.93. The summed E-state index contributed by atoms with van der Waals surface area (Å²) in [4.78, 5) is 4.61. The van der Waals surface area contributed by atoms with Crippen molar-refractivity contribution in [3.8, 4) is 0 Å². The van der Waals surface area contributed by atoms with Gasteiger partial charge in [-0.25, -0.2) is 4.98 Å². The topological polar surface area (TPSA) is 38.9 Å². The van der Waals surface area contributed by atoms with E-state index in [1.807, 2.05) is 0 Å². The number of hydrogen-bond acceptors (Lipinski definition) is 3. The Bertz CT molecular complexity index is 400. The van der Waals surface area contributed by atoms with E-state index in [4.69, 9.17) is 5.73 Å². The standard InChI is InChI=1S/C15H26N2S/c1-5-14(3,4)12-6-8-15(16,9-7-12)13-17-11(2)10-18-13/h10,12H,5-9,16H2,1-4H3. The molecule has 1 aliphatic rings. The van der Waals surface area contributed by atoms with Gasteiger partial charge in [0.1, 0.15) is 5.01 Å². The number of thiazole rings is 1. The van der Waals surface area contributed by atoms with Crippen LogP contribution in [0.5, 0.6) is 0 Å². The average Bonchev–Trinajstić information content (AvgIpc) is 2.77. The molecule has 2 rings (SSSR count). The van der Waals surface area contributed by atoms with Crippen LogP contribution in [0.2, 0.25) is 0 Å². The van der Waals surface area contributed by atoms with E-state index in [0.29, 0.717) is 5.41 Å². The SMILES string of the molecule is CCC(C)(C)C1CCC(N)(c2nc(C)cs2)CC1. The minimum Gasteiger partial charge on any atom is -0.319 e. The smallest absolute Gasteiger partial charge is 0.113 e.